The minimum atomic E-state index is 0.561. The zero-order valence-electron chi connectivity index (χ0n) is 10.2. The summed E-state index contributed by atoms with van der Waals surface area (Å²) in [4.78, 5) is 2.41. The van der Waals surface area contributed by atoms with Crippen LogP contribution in [0.3, 0.4) is 0 Å². The van der Waals surface area contributed by atoms with Crippen molar-refractivity contribution >= 4 is 11.4 Å². The minimum absolute atomic E-state index is 0.561. The van der Waals surface area contributed by atoms with Crippen LogP contribution in [0, 0.1) is 0 Å². The van der Waals surface area contributed by atoms with Crippen molar-refractivity contribution in [3.8, 4) is 5.75 Å². The van der Waals surface area contributed by atoms with Crippen molar-refractivity contribution in [1.82, 2.24) is 0 Å². The van der Waals surface area contributed by atoms with E-state index in [0.29, 0.717) is 12.1 Å². The van der Waals surface area contributed by atoms with Gasteiger partial charge in [0.25, 0.3) is 0 Å². The third-order valence-electron chi connectivity index (χ3n) is 3.43. The van der Waals surface area contributed by atoms with Gasteiger partial charge in [-0.1, -0.05) is 0 Å². The number of hydrogen-bond donors (Lipinski definition) is 1. The summed E-state index contributed by atoms with van der Waals surface area (Å²) in [5, 5.41) is 0. The molecule has 0 unspecified atom stereocenters. The van der Waals surface area contributed by atoms with Gasteiger partial charge in [-0.3, -0.25) is 0 Å². The van der Waals surface area contributed by atoms with Crippen molar-refractivity contribution < 1.29 is 4.74 Å². The molecule has 0 bridgehead atoms. The molecule has 2 atom stereocenters. The zero-order chi connectivity index (χ0) is 11.7. The lowest BCUT2D eigenvalue weighted by molar-refractivity contribution is 0.413. The summed E-state index contributed by atoms with van der Waals surface area (Å²) in [5.74, 6) is 0.912. The van der Waals surface area contributed by atoms with Crippen LogP contribution in [0.25, 0.3) is 0 Å². The first-order chi connectivity index (χ1) is 7.63. The van der Waals surface area contributed by atoms with Crippen LogP contribution < -0.4 is 15.4 Å². The van der Waals surface area contributed by atoms with Crippen molar-refractivity contribution in [1.29, 1.82) is 0 Å². The standard InChI is InChI=1S/C13H20N2O/c1-9-4-5-10(2)15(9)12-8-11(14)6-7-13(12)16-3/h6-10H,4-5,14H2,1-3H3/t9-,10-/m1/s1. The maximum absolute atomic E-state index is 5.86. The summed E-state index contributed by atoms with van der Waals surface area (Å²) in [7, 11) is 1.71. The Bertz CT molecular complexity index is 368. The number of methoxy groups -OCH3 is 1. The molecule has 88 valence electrons. The second kappa shape index (κ2) is 4.24. The lowest BCUT2D eigenvalue weighted by Crippen LogP contribution is -2.32. The molecule has 2 rings (SSSR count). The first kappa shape index (κ1) is 11.1. The van der Waals surface area contributed by atoms with Gasteiger partial charge in [0.1, 0.15) is 5.75 Å². The van der Waals surface area contributed by atoms with Crippen LogP contribution in [0.4, 0.5) is 11.4 Å². The Labute approximate surface area is 97.2 Å². The number of hydrogen-bond acceptors (Lipinski definition) is 3. The molecule has 0 radical (unpaired) electrons. The molecule has 16 heavy (non-hydrogen) atoms. The monoisotopic (exact) mass is 220 g/mol. The molecule has 1 heterocycles. The van der Waals surface area contributed by atoms with E-state index < -0.39 is 0 Å². The SMILES string of the molecule is COc1ccc(N)cc1N1[C@H](C)CC[C@H]1C. The van der Waals surface area contributed by atoms with E-state index in [0.717, 1.165) is 17.1 Å². The van der Waals surface area contributed by atoms with Crippen molar-refractivity contribution in [3.63, 3.8) is 0 Å². The second-order valence-corrected chi connectivity index (χ2v) is 4.61. The smallest absolute Gasteiger partial charge is 0.142 e. The molecule has 1 fully saturated rings. The number of ether oxygens (including phenoxy) is 1. The molecule has 3 heteroatoms. The van der Waals surface area contributed by atoms with Crippen LogP contribution in [0.1, 0.15) is 26.7 Å². The van der Waals surface area contributed by atoms with Gasteiger partial charge < -0.3 is 15.4 Å². The first-order valence-corrected chi connectivity index (χ1v) is 5.85. The van der Waals surface area contributed by atoms with E-state index in [1.807, 2.05) is 18.2 Å². The summed E-state index contributed by atoms with van der Waals surface area (Å²) < 4.78 is 5.41. The Balaban J connectivity index is 2.41. The van der Waals surface area contributed by atoms with Gasteiger partial charge >= 0.3 is 0 Å². The second-order valence-electron chi connectivity index (χ2n) is 4.61. The van der Waals surface area contributed by atoms with Crippen LogP contribution in [-0.4, -0.2) is 19.2 Å². The fourth-order valence-corrected chi connectivity index (χ4v) is 2.58. The molecule has 0 aromatic heterocycles. The molecule has 0 amide bonds. The summed E-state index contributed by atoms with van der Waals surface area (Å²) in [6.45, 7) is 4.51. The third-order valence-corrected chi connectivity index (χ3v) is 3.43. The number of nitrogens with zero attached hydrogens (tertiary/aromatic N) is 1. The number of benzene rings is 1. The molecule has 1 saturated heterocycles. The molecular formula is C13H20N2O. The zero-order valence-corrected chi connectivity index (χ0v) is 10.2. The topological polar surface area (TPSA) is 38.5 Å². The summed E-state index contributed by atoms with van der Waals surface area (Å²) in [6, 6.07) is 6.96. The number of nitrogens with two attached hydrogens (primary N) is 1. The predicted molar refractivity (Wildman–Crippen MR) is 68.0 cm³/mol. The van der Waals surface area contributed by atoms with E-state index in [-0.39, 0.29) is 0 Å². The van der Waals surface area contributed by atoms with Gasteiger partial charge in [-0.05, 0) is 44.9 Å². The van der Waals surface area contributed by atoms with Gasteiger partial charge in [0.05, 0.1) is 12.8 Å². The molecule has 1 aliphatic heterocycles. The van der Waals surface area contributed by atoms with Crippen LogP contribution in [0.5, 0.6) is 5.75 Å². The van der Waals surface area contributed by atoms with Gasteiger partial charge in [0.15, 0.2) is 0 Å². The lowest BCUT2D eigenvalue weighted by atomic mass is 10.2. The first-order valence-electron chi connectivity index (χ1n) is 5.85. The van der Waals surface area contributed by atoms with Crippen molar-refractivity contribution in [2.45, 2.75) is 38.8 Å². The number of nitrogen functional groups attached to an aromatic ring is 1. The van der Waals surface area contributed by atoms with E-state index >= 15 is 0 Å². The Hall–Kier alpha value is -1.38. The van der Waals surface area contributed by atoms with Crippen LogP contribution in [0.2, 0.25) is 0 Å². The average molecular weight is 220 g/mol. The van der Waals surface area contributed by atoms with Gasteiger partial charge in [-0.15, -0.1) is 0 Å². The Morgan fingerprint density at radius 2 is 1.88 bits per heavy atom. The van der Waals surface area contributed by atoms with E-state index in [1.54, 1.807) is 7.11 Å². The minimum Gasteiger partial charge on any atom is -0.495 e. The number of rotatable bonds is 2. The highest BCUT2D eigenvalue weighted by Gasteiger charge is 2.29. The highest BCUT2D eigenvalue weighted by molar-refractivity contribution is 5.66. The van der Waals surface area contributed by atoms with E-state index in [9.17, 15) is 0 Å². The fraction of sp³-hybridized carbons (Fsp3) is 0.538. The fourth-order valence-electron chi connectivity index (χ4n) is 2.58. The molecule has 1 aromatic carbocycles. The van der Waals surface area contributed by atoms with Gasteiger partial charge in [-0.25, -0.2) is 0 Å². The lowest BCUT2D eigenvalue weighted by Gasteiger charge is -2.30. The Morgan fingerprint density at radius 3 is 2.44 bits per heavy atom. The Morgan fingerprint density at radius 1 is 1.25 bits per heavy atom. The maximum atomic E-state index is 5.86. The van der Waals surface area contributed by atoms with E-state index in [1.165, 1.54) is 12.8 Å². The highest BCUT2D eigenvalue weighted by atomic mass is 16.5. The molecule has 0 saturated carbocycles. The predicted octanol–water partition coefficient (Wildman–Crippen LogP) is 2.65. The molecule has 1 aliphatic rings. The Kier molecular flexibility index (Phi) is 2.95. The van der Waals surface area contributed by atoms with Crippen LogP contribution in [-0.2, 0) is 0 Å². The van der Waals surface area contributed by atoms with E-state index in [2.05, 4.69) is 18.7 Å². The van der Waals surface area contributed by atoms with Gasteiger partial charge in [0, 0.05) is 17.8 Å². The van der Waals surface area contributed by atoms with Crippen molar-refractivity contribution in [2.75, 3.05) is 17.7 Å². The van der Waals surface area contributed by atoms with Gasteiger partial charge in [0.2, 0.25) is 0 Å². The van der Waals surface area contributed by atoms with Crippen LogP contribution in [0.15, 0.2) is 18.2 Å². The normalized spacial score (nSPS) is 24.8. The molecule has 0 spiro atoms. The largest absolute Gasteiger partial charge is 0.495 e. The van der Waals surface area contributed by atoms with Crippen LogP contribution >= 0.6 is 0 Å². The van der Waals surface area contributed by atoms with Crippen molar-refractivity contribution in [3.05, 3.63) is 18.2 Å². The average Bonchev–Trinajstić information content (AvgIpc) is 2.58. The van der Waals surface area contributed by atoms with Crippen molar-refractivity contribution in [2.24, 2.45) is 0 Å². The molecule has 0 aliphatic carbocycles. The maximum Gasteiger partial charge on any atom is 0.142 e. The third kappa shape index (κ3) is 1.82. The summed E-state index contributed by atoms with van der Waals surface area (Å²) in [5.41, 5.74) is 7.78. The summed E-state index contributed by atoms with van der Waals surface area (Å²) >= 11 is 0. The molecule has 2 N–H and O–H groups in total. The molecular weight excluding hydrogens is 200 g/mol. The quantitative estimate of drug-likeness (QED) is 0.779. The van der Waals surface area contributed by atoms with Gasteiger partial charge in [-0.2, -0.15) is 0 Å². The van der Waals surface area contributed by atoms with E-state index in [4.69, 9.17) is 10.5 Å². The summed E-state index contributed by atoms with van der Waals surface area (Å²) in [6.07, 6.45) is 2.47. The molecule has 1 aromatic rings. The molecule has 3 nitrogen and oxygen atoms in total. The number of anilines is 2. The highest BCUT2D eigenvalue weighted by Crippen LogP contribution is 2.37.